The Morgan fingerprint density at radius 1 is 0.677 bits per heavy atom. The van der Waals surface area contributed by atoms with Crippen molar-refractivity contribution in [3.63, 3.8) is 0 Å². The second kappa shape index (κ2) is 7.63. The van der Waals surface area contributed by atoms with Crippen molar-refractivity contribution in [2.45, 2.75) is 14.7 Å². The van der Waals surface area contributed by atoms with Crippen LogP contribution < -0.4 is 0 Å². The molecule has 0 atom stereocenters. The summed E-state index contributed by atoms with van der Waals surface area (Å²) in [7, 11) is -14.6. The fourth-order valence-corrected chi connectivity index (χ4v) is 4.68. The molecule has 0 aliphatic heterocycles. The highest BCUT2D eigenvalue weighted by molar-refractivity contribution is 7.87. The van der Waals surface area contributed by atoms with E-state index in [0.717, 1.165) is 30.3 Å². The maximum absolute atomic E-state index is 11.9. The Kier molecular flexibility index (Phi) is 5.59. The Balaban J connectivity index is 2.38. The van der Waals surface area contributed by atoms with Crippen molar-refractivity contribution in [2.75, 3.05) is 0 Å². The molecule has 0 saturated heterocycles. The van der Waals surface area contributed by atoms with Crippen LogP contribution in [0, 0.1) is 0 Å². The summed E-state index contributed by atoms with van der Waals surface area (Å²) in [4.78, 5) is -2.48. The monoisotopic (exact) mass is 488 g/mol. The average Bonchev–Trinajstić information content (AvgIpc) is 2.64. The molecule has 0 amide bonds. The number of aromatic hydroxyl groups is 1. The van der Waals surface area contributed by atoms with Gasteiger partial charge in [0.1, 0.15) is 26.9 Å². The minimum absolute atomic E-state index is 0.169. The minimum Gasteiger partial charge on any atom is -0.506 e. The number of phenolic OH excluding ortho intramolecular Hbond substituents is 1. The number of hydrogen-bond donors (Lipinski definition) is 4. The predicted molar refractivity (Wildman–Crippen MR) is 106 cm³/mol. The van der Waals surface area contributed by atoms with E-state index in [1.165, 1.54) is 12.1 Å². The van der Waals surface area contributed by atoms with E-state index in [0.29, 0.717) is 6.07 Å². The molecule has 3 aromatic rings. The van der Waals surface area contributed by atoms with Gasteiger partial charge in [0.2, 0.25) is 0 Å². The van der Waals surface area contributed by atoms with Crippen LogP contribution in [-0.2, 0) is 30.4 Å². The molecular weight excluding hydrogens is 476 g/mol. The highest BCUT2D eigenvalue weighted by atomic mass is 32.2. The van der Waals surface area contributed by atoms with Crippen LogP contribution in [0.4, 0.5) is 11.4 Å². The van der Waals surface area contributed by atoms with E-state index in [1.807, 2.05) is 0 Å². The van der Waals surface area contributed by atoms with Gasteiger partial charge in [-0.2, -0.15) is 25.3 Å². The Bertz CT molecular complexity index is 1560. The third-order valence-electron chi connectivity index (χ3n) is 3.98. The van der Waals surface area contributed by atoms with Crippen molar-refractivity contribution in [2.24, 2.45) is 10.2 Å². The van der Waals surface area contributed by atoms with Gasteiger partial charge in [-0.25, -0.2) is 0 Å². The molecule has 31 heavy (non-hydrogen) atoms. The zero-order valence-electron chi connectivity index (χ0n) is 15.0. The van der Waals surface area contributed by atoms with E-state index in [4.69, 9.17) is 0 Å². The molecule has 0 aromatic heterocycles. The summed E-state index contributed by atoms with van der Waals surface area (Å²) in [6.45, 7) is 0. The number of nitrogens with zero attached hydrogens (tertiary/aromatic N) is 2. The van der Waals surface area contributed by atoms with Crippen molar-refractivity contribution >= 4 is 52.5 Å². The van der Waals surface area contributed by atoms with Crippen LogP contribution in [0.25, 0.3) is 10.8 Å². The first kappa shape index (κ1) is 22.7. The number of benzene rings is 3. The molecular formula is C16H12N2O10S3. The van der Waals surface area contributed by atoms with E-state index in [1.54, 1.807) is 0 Å². The lowest BCUT2D eigenvalue weighted by Gasteiger charge is -2.10. The van der Waals surface area contributed by atoms with Gasteiger partial charge in [0.05, 0.1) is 4.90 Å². The second-order valence-electron chi connectivity index (χ2n) is 6.05. The first-order valence-corrected chi connectivity index (χ1v) is 12.2. The molecule has 15 heteroatoms. The molecule has 3 rings (SSSR count). The number of fused-ring (bicyclic) bond motifs is 1. The fourth-order valence-electron chi connectivity index (χ4n) is 2.69. The lowest BCUT2D eigenvalue weighted by molar-refractivity contribution is 0.477. The third-order valence-corrected chi connectivity index (χ3v) is 6.59. The maximum atomic E-state index is 11.9. The van der Waals surface area contributed by atoms with E-state index >= 15 is 0 Å². The molecule has 0 aliphatic rings. The summed E-state index contributed by atoms with van der Waals surface area (Å²) in [5.41, 5.74) is -0.915. The predicted octanol–water partition coefficient (Wildman–Crippen LogP) is 2.70. The van der Waals surface area contributed by atoms with Crippen molar-refractivity contribution in [3.8, 4) is 5.75 Å². The van der Waals surface area contributed by atoms with Gasteiger partial charge in [-0.1, -0.05) is 18.2 Å². The number of rotatable bonds is 5. The number of phenols is 1. The molecule has 0 spiro atoms. The van der Waals surface area contributed by atoms with Gasteiger partial charge in [-0.05, 0) is 35.7 Å². The van der Waals surface area contributed by atoms with Crippen LogP contribution in [0.3, 0.4) is 0 Å². The average molecular weight is 488 g/mol. The van der Waals surface area contributed by atoms with Crippen LogP contribution in [0.1, 0.15) is 0 Å². The van der Waals surface area contributed by atoms with Crippen molar-refractivity contribution in [3.05, 3.63) is 48.5 Å². The van der Waals surface area contributed by atoms with Crippen LogP contribution in [0.2, 0.25) is 0 Å². The zero-order chi connectivity index (χ0) is 23.2. The number of azo groups is 1. The van der Waals surface area contributed by atoms with E-state index in [2.05, 4.69) is 10.2 Å². The normalized spacial score (nSPS) is 13.1. The standard InChI is InChI=1S/C16H12N2O10S3/c19-12-6-5-9-7-10(29(20,21)22)8-14(31(26,27)28)15(9)16(12)18-17-11-3-1-2-4-13(11)30(23,24)25/h1-8,19H,(H,20,21,22)(H,23,24,25)(H,26,27,28). The van der Waals surface area contributed by atoms with Crippen LogP contribution in [-0.4, -0.2) is 44.0 Å². The quantitative estimate of drug-likeness (QED) is 0.305. The lowest BCUT2D eigenvalue weighted by Crippen LogP contribution is -2.04. The molecule has 164 valence electrons. The van der Waals surface area contributed by atoms with Gasteiger partial charge in [-0.15, -0.1) is 10.2 Å². The zero-order valence-corrected chi connectivity index (χ0v) is 17.4. The highest BCUT2D eigenvalue weighted by Crippen LogP contribution is 2.41. The highest BCUT2D eigenvalue weighted by Gasteiger charge is 2.24. The summed E-state index contributed by atoms with van der Waals surface area (Å²) in [6, 6.07) is 8.27. The summed E-state index contributed by atoms with van der Waals surface area (Å²) in [6.07, 6.45) is 0. The molecule has 0 saturated carbocycles. The van der Waals surface area contributed by atoms with E-state index < -0.39 is 61.9 Å². The maximum Gasteiger partial charge on any atom is 0.296 e. The Labute approximate surface area is 175 Å². The minimum atomic E-state index is -5.09. The van der Waals surface area contributed by atoms with E-state index in [-0.39, 0.29) is 11.1 Å². The van der Waals surface area contributed by atoms with Crippen LogP contribution >= 0.6 is 0 Å². The Hall–Kier alpha value is -2.95. The molecule has 12 nitrogen and oxygen atoms in total. The Morgan fingerprint density at radius 3 is 1.87 bits per heavy atom. The third kappa shape index (κ3) is 4.71. The van der Waals surface area contributed by atoms with Gasteiger partial charge in [0.25, 0.3) is 30.4 Å². The SMILES string of the molecule is O=S(=O)(O)c1cc(S(=O)(=O)O)c2c(N=Nc3ccccc3S(=O)(=O)O)c(O)ccc2c1. The first-order valence-electron chi connectivity index (χ1n) is 7.92. The molecule has 4 N–H and O–H groups in total. The largest absolute Gasteiger partial charge is 0.506 e. The van der Waals surface area contributed by atoms with Crippen LogP contribution in [0.5, 0.6) is 5.75 Å². The molecule has 0 heterocycles. The summed E-state index contributed by atoms with van der Waals surface area (Å²) in [5, 5.41) is 16.8. The second-order valence-corrected chi connectivity index (χ2v) is 10.2. The molecule has 0 radical (unpaired) electrons. The summed E-state index contributed by atoms with van der Waals surface area (Å²) in [5.74, 6) is -0.648. The van der Waals surface area contributed by atoms with Crippen LogP contribution in [0.15, 0.2) is 73.4 Å². The fraction of sp³-hybridized carbons (Fsp3) is 0. The van der Waals surface area contributed by atoms with Crippen molar-refractivity contribution < 1.29 is 44.0 Å². The van der Waals surface area contributed by atoms with Crippen molar-refractivity contribution in [1.82, 2.24) is 0 Å². The first-order chi connectivity index (χ1) is 14.2. The number of hydrogen-bond acceptors (Lipinski definition) is 9. The van der Waals surface area contributed by atoms with Gasteiger partial charge in [0.15, 0.2) is 0 Å². The Morgan fingerprint density at radius 2 is 1.29 bits per heavy atom. The van der Waals surface area contributed by atoms with Gasteiger partial charge < -0.3 is 5.11 Å². The molecule has 0 fully saturated rings. The van der Waals surface area contributed by atoms with Gasteiger partial charge in [0, 0.05) is 5.39 Å². The van der Waals surface area contributed by atoms with E-state index in [9.17, 15) is 44.0 Å². The molecule has 3 aromatic carbocycles. The summed E-state index contributed by atoms with van der Waals surface area (Å²) < 4.78 is 97.7. The topological polar surface area (TPSA) is 208 Å². The lowest BCUT2D eigenvalue weighted by atomic mass is 10.1. The van der Waals surface area contributed by atoms with Gasteiger partial charge in [-0.3, -0.25) is 13.7 Å². The summed E-state index contributed by atoms with van der Waals surface area (Å²) >= 11 is 0. The molecule has 0 bridgehead atoms. The van der Waals surface area contributed by atoms with Gasteiger partial charge >= 0.3 is 0 Å². The smallest absolute Gasteiger partial charge is 0.296 e. The molecule has 0 unspecified atom stereocenters. The molecule has 0 aliphatic carbocycles. The van der Waals surface area contributed by atoms with Crippen molar-refractivity contribution in [1.29, 1.82) is 0 Å².